The molecule has 0 saturated heterocycles. The van der Waals surface area contributed by atoms with Crippen LogP contribution in [0.1, 0.15) is 33.7 Å². The Labute approximate surface area is 136 Å². The zero-order valence-electron chi connectivity index (χ0n) is 12.6. The van der Waals surface area contributed by atoms with E-state index in [4.69, 9.17) is 12.8 Å². The van der Waals surface area contributed by atoms with Gasteiger partial charge >= 0.3 is 0 Å². The quantitative estimate of drug-likeness (QED) is 0.441. The molecule has 0 heteroatoms. The highest BCUT2D eigenvalue weighted by Gasteiger charge is 2.32. The average molecular weight is 290 g/mol. The SMILES string of the molecule is C#Cc1ccc2c(c1C#C)C(c1ccccc1)c1ccccc1-2. The van der Waals surface area contributed by atoms with Gasteiger partial charge in [-0.05, 0) is 33.9 Å². The van der Waals surface area contributed by atoms with Crippen LogP contribution in [0.25, 0.3) is 11.1 Å². The Hall–Kier alpha value is -3.22. The van der Waals surface area contributed by atoms with Gasteiger partial charge in [0.15, 0.2) is 0 Å². The van der Waals surface area contributed by atoms with E-state index in [2.05, 4.69) is 66.4 Å². The lowest BCUT2D eigenvalue weighted by Gasteiger charge is -2.16. The van der Waals surface area contributed by atoms with Gasteiger partial charge in [-0.15, -0.1) is 12.8 Å². The predicted molar refractivity (Wildman–Crippen MR) is 95.1 cm³/mol. The molecule has 0 nitrogen and oxygen atoms in total. The first kappa shape index (κ1) is 13.4. The van der Waals surface area contributed by atoms with Crippen LogP contribution in [-0.2, 0) is 0 Å². The third-order valence-electron chi connectivity index (χ3n) is 4.53. The van der Waals surface area contributed by atoms with Crippen LogP contribution in [0.3, 0.4) is 0 Å². The molecule has 0 heterocycles. The molecule has 0 bridgehead atoms. The minimum atomic E-state index is 0.141. The van der Waals surface area contributed by atoms with E-state index in [0.29, 0.717) is 0 Å². The topological polar surface area (TPSA) is 0 Å². The number of fused-ring (bicyclic) bond motifs is 3. The van der Waals surface area contributed by atoms with E-state index in [-0.39, 0.29) is 5.92 Å². The summed E-state index contributed by atoms with van der Waals surface area (Å²) < 4.78 is 0. The molecule has 3 aromatic rings. The van der Waals surface area contributed by atoms with Gasteiger partial charge in [-0.2, -0.15) is 0 Å². The zero-order chi connectivity index (χ0) is 15.8. The summed E-state index contributed by atoms with van der Waals surface area (Å²) in [5.41, 5.74) is 7.77. The van der Waals surface area contributed by atoms with Gasteiger partial charge in [0, 0.05) is 17.0 Å². The van der Waals surface area contributed by atoms with Crippen LogP contribution in [0.4, 0.5) is 0 Å². The Balaban J connectivity index is 2.10. The Morgan fingerprint density at radius 2 is 1.43 bits per heavy atom. The molecular weight excluding hydrogens is 276 g/mol. The second-order valence-corrected chi connectivity index (χ2v) is 5.67. The largest absolute Gasteiger partial charge is 0.115 e. The number of hydrogen-bond donors (Lipinski definition) is 0. The van der Waals surface area contributed by atoms with Crippen LogP contribution in [0.15, 0.2) is 66.7 Å². The summed E-state index contributed by atoms with van der Waals surface area (Å²) in [4.78, 5) is 0. The maximum absolute atomic E-state index is 5.83. The maximum atomic E-state index is 5.83. The predicted octanol–water partition coefficient (Wildman–Crippen LogP) is 4.81. The van der Waals surface area contributed by atoms with Gasteiger partial charge in [0.1, 0.15) is 0 Å². The molecule has 1 aliphatic rings. The number of rotatable bonds is 1. The van der Waals surface area contributed by atoms with E-state index in [1.54, 1.807) is 0 Å². The summed E-state index contributed by atoms with van der Waals surface area (Å²) in [6.07, 6.45) is 11.5. The molecule has 0 fully saturated rings. The fraction of sp³-hybridized carbons (Fsp3) is 0.0435. The lowest BCUT2D eigenvalue weighted by molar-refractivity contribution is 1.01. The molecule has 1 unspecified atom stereocenters. The van der Waals surface area contributed by atoms with Crippen LogP contribution in [0, 0.1) is 24.7 Å². The van der Waals surface area contributed by atoms with Gasteiger partial charge in [-0.3, -0.25) is 0 Å². The second kappa shape index (κ2) is 5.20. The number of benzene rings is 3. The smallest absolute Gasteiger partial charge is 0.0446 e. The standard InChI is InChI=1S/C23H14/c1-3-16-14-15-21-19-12-8-9-13-20(19)22(23(21)18(16)4-2)17-10-6-5-7-11-17/h1-2,5-15,22H. The van der Waals surface area contributed by atoms with Crippen LogP contribution in [0.5, 0.6) is 0 Å². The van der Waals surface area contributed by atoms with Gasteiger partial charge in [0.2, 0.25) is 0 Å². The first-order valence-electron chi connectivity index (χ1n) is 7.59. The van der Waals surface area contributed by atoms with Crippen molar-refractivity contribution in [2.24, 2.45) is 0 Å². The third kappa shape index (κ3) is 1.90. The minimum Gasteiger partial charge on any atom is -0.115 e. The minimum absolute atomic E-state index is 0.141. The van der Waals surface area contributed by atoms with E-state index < -0.39 is 0 Å². The second-order valence-electron chi connectivity index (χ2n) is 5.67. The van der Waals surface area contributed by atoms with E-state index in [1.165, 1.54) is 22.3 Å². The van der Waals surface area contributed by atoms with Crippen molar-refractivity contribution >= 4 is 0 Å². The lowest BCUT2D eigenvalue weighted by atomic mass is 9.85. The summed E-state index contributed by atoms with van der Waals surface area (Å²) in [6.45, 7) is 0. The van der Waals surface area contributed by atoms with Crippen LogP contribution >= 0.6 is 0 Å². The summed E-state index contributed by atoms with van der Waals surface area (Å²) in [7, 11) is 0. The molecule has 1 aliphatic carbocycles. The summed E-state index contributed by atoms with van der Waals surface area (Å²) in [5.74, 6) is 5.71. The Bertz CT molecular complexity index is 979. The van der Waals surface area contributed by atoms with Gasteiger partial charge in [-0.1, -0.05) is 72.5 Å². The fourth-order valence-corrected chi connectivity index (χ4v) is 3.57. The van der Waals surface area contributed by atoms with Crippen molar-refractivity contribution in [2.75, 3.05) is 0 Å². The van der Waals surface area contributed by atoms with Crippen molar-refractivity contribution in [3.05, 3.63) is 94.5 Å². The average Bonchev–Trinajstić information content (AvgIpc) is 2.96. The normalized spacial score (nSPS) is 14.4. The van der Waals surface area contributed by atoms with E-state index >= 15 is 0 Å². The van der Waals surface area contributed by atoms with Crippen molar-refractivity contribution in [3.8, 4) is 35.8 Å². The van der Waals surface area contributed by atoms with Crippen molar-refractivity contribution in [1.82, 2.24) is 0 Å². The highest BCUT2D eigenvalue weighted by atomic mass is 14.3. The molecule has 0 N–H and O–H groups in total. The first-order chi connectivity index (χ1) is 11.3. The Kier molecular flexibility index (Phi) is 3.04. The molecule has 0 aromatic heterocycles. The fourth-order valence-electron chi connectivity index (χ4n) is 3.57. The molecule has 0 radical (unpaired) electrons. The van der Waals surface area contributed by atoms with Crippen LogP contribution < -0.4 is 0 Å². The molecule has 0 amide bonds. The molecule has 0 saturated carbocycles. The molecule has 1 atom stereocenters. The molecule has 0 spiro atoms. The molecule has 0 aliphatic heterocycles. The van der Waals surface area contributed by atoms with Gasteiger partial charge in [0.25, 0.3) is 0 Å². The molecule has 106 valence electrons. The molecule has 3 aromatic carbocycles. The van der Waals surface area contributed by atoms with Crippen molar-refractivity contribution in [3.63, 3.8) is 0 Å². The monoisotopic (exact) mass is 290 g/mol. The van der Waals surface area contributed by atoms with Crippen molar-refractivity contribution in [1.29, 1.82) is 0 Å². The van der Waals surface area contributed by atoms with Crippen LogP contribution in [-0.4, -0.2) is 0 Å². The van der Waals surface area contributed by atoms with E-state index in [9.17, 15) is 0 Å². The lowest BCUT2D eigenvalue weighted by Crippen LogP contribution is -2.02. The van der Waals surface area contributed by atoms with Gasteiger partial charge in [0.05, 0.1) is 0 Å². The summed E-state index contributed by atoms with van der Waals surface area (Å²) >= 11 is 0. The summed E-state index contributed by atoms with van der Waals surface area (Å²) in [5, 5.41) is 0. The Morgan fingerprint density at radius 1 is 0.696 bits per heavy atom. The van der Waals surface area contributed by atoms with Gasteiger partial charge < -0.3 is 0 Å². The molecular formula is C23H14. The highest BCUT2D eigenvalue weighted by molar-refractivity contribution is 5.84. The van der Waals surface area contributed by atoms with E-state index in [0.717, 1.165) is 16.7 Å². The number of terminal acetylenes is 2. The van der Waals surface area contributed by atoms with Gasteiger partial charge in [-0.25, -0.2) is 0 Å². The van der Waals surface area contributed by atoms with Crippen molar-refractivity contribution < 1.29 is 0 Å². The highest BCUT2D eigenvalue weighted by Crippen LogP contribution is 2.49. The zero-order valence-corrected chi connectivity index (χ0v) is 12.6. The maximum Gasteiger partial charge on any atom is 0.0446 e. The first-order valence-corrected chi connectivity index (χ1v) is 7.59. The Morgan fingerprint density at radius 3 is 2.17 bits per heavy atom. The molecule has 23 heavy (non-hydrogen) atoms. The number of hydrogen-bond acceptors (Lipinski definition) is 0. The van der Waals surface area contributed by atoms with Crippen LogP contribution in [0.2, 0.25) is 0 Å². The van der Waals surface area contributed by atoms with Crippen molar-refractivity contribution in [2.45, 2.75) is 5.92 Å². The summed E-state index contributed by atoms with van der Waals surface area (Å²) in [6, 6.07) is 23.0. The molecule has 4 rings (SSSR count). The van der Waals surface area contributed by atoms with E-state index in [1.807, 2.05) is 12.1 Å². The third-order valence-corrected chi connectivity index (χ3v) is 4.53.